The van der Waals surface area contributed by atoms with E-state index in [2.05, 4.69) is 39.2 Å². The van der Waals surface area contributed by atoms with Crippen LogP contribution in [0, 0.1) is 11.8 Å². The lowest BCUT2D eigenvalue weighted by Gasteiger charge is -2.25. The highest BCUT2D eigenvalue weighted by Gasteiger charge is 2.27. The van der Waals surface area contributed by atoms with Gasteiger partial charge in [-0.2, -0.15) is 0 Å². The van der Waals surface area contributed by atoms with Crippen LogP contribution in [0.4, 0.5) is 5.82 Å². The Morgan fingerprint density at radius 3 is 2.25 bits per heavy atom. The first-order valence-electron chi connectivity index (χ1n) is 8.25. The molecule has 1 aromatic rings. The Balaban J connectivity index is 2.29. The van der Waals surface area contributed by atoms with Crippen molar-refractivity contribution in [1.82, 2.24) is 9.55 Å². The number of imidazole rings is 1. The van der Waals surface area contributed by atoms with Gasteiger partial charge < -0.3 is 10.3 Å². The largest absolute Gasteiger partial charge is 0.384 e. The molecule has 1 heterocycles. The van der Waals surface area contributed by atoms with Crippen LogP contribution in [0.25, 0.3) is 0 Å². The van der Waals surface area contributed by atoms with Crippen LogP contribution in [-0.2, 0) is 6.54 Å². The van der Waals surface area contributed by atoms with Gasteiger partial charge in [-0.15, -0.1) is 0 Å². The summed E-state index contributed by atoms with van der Waals surface area (Å²) in [5.74, 6) is 4.59. The maximum Gasteiger partial charge on any atom is 0.127 e. The number of nitrogens with zero attached hydrogens (tertiary/aromatic N) is 2. The van der Waals surface area contributed by atoms with Crippen molar-refractivity contribution in [3.63, 3.8) is 0 Å². The molecule has 0 bridgehead atoms. The van der Waals surface area contributed by atoms with Crippen LogP contribution in [0.5, 0.6) is 0 Å². The van der Waals surface area contributed by atoms with E-state index in [0.717, 1.165) is 18.3 Å². The molecular formula is C17H31N3. The highest BCUT2D eigenvalue weighted by atomic mass is 15.1. The lowest BCUT2D eigenvalue weighted by Crippen LogP contribution is -2.14. The van der Waals surface area contributed by atoms with Crippen LogP contribution in [0.1, 0.15) is 83.7 Å². The van der Waals surface area contributed by atoms with Crippen molar-refractivity contribution in [3.8, 4) is 0 Å². The third kappa shape index (κ3) is 3.18. The summed E-state index contributed by atoms with van der Waals surface area (Å²) < 4.78 is 2.27. The SMILES string of the molecule is CC(C)Cn1c(C(C)C)nc(C2CCC(C)CC2)c1N. The summed E-state index contributed by atoms with van der Waals surface area (Å²) in [4.78, 5) is 4.95. The molecule has 1 aliphatic carbocycles. The third-order valence-electron chi connectivity index (χ3n) is 4.53. The monoisotopic (exact) mass is 277 g/mol. The molecule has 20 heavy (non-hydrogen) atoms. The zero-order chi connectivity index (χ0) is 14.9. The van der Waals surface area contributed by atoms with Gasteiger partial charge in [0.05, 0.1) is 5.69 Å². The minimum Gasteiger partial charge on any atom is -0.384 e. The van der Waals surface area contributed by atoms with Gasteiger partial charge in [0.2, 0.25) is 0 Å². The van der Waals surface area contributed by atoms with Crippen LogP contribution in [0.15, 0.2) is 0 Å². The molecule has 114 valence electrons. The first kappa shape index (κ1) is 15.4. The first-order valence-corrected chi connectivity index (χ1v) is 8.25. The van der Waals surface area contributed by atoms with Gasteiger partial charge in [-0.05, 0) is 24.7 Å². The van der Waals surface area contributed by atoms with Crippen LogP contribution in [0.2, 0.25) is 0 Å². The van der Waals surface area contributed by atoms with Crippen LogP contribution >= 0.6 is 0 Å². The van der Waals surface area contributed by atoms with E-state index in [4.69, 9.17) is 10.7 Å². The van der Waals surface area contributed by atoms with Crippen molar-refractivity contribution < 1.29 is 0 Å². The second kappa shape index (κ2) is 6.19. The lowest BCUT2D eigenvalue weighted by atomic mass is 9.81. The van der Waals surface area contributed by atoms with E-state index in [1.807, 2.05) is 0 Å². The molecule has 1 aromatic heterocycles. The summed E-state index contributed by atoms with van der Waals surface area (Å²) in [7, 11) is 0. The van der Waals surface area contributed by atoms with Gasteiger partial charge in [-0.1, -0.05) is 47.5 Å². The highest BCUT2D eigenvalue weighted by molar-refractivity contribution is 5.41. The van der Waals surface area contributed by atoms with E-state index < -0.39 is 0 Å². The predicted octanol–water partition coefficient (Wildman–Crippen LogP) is 4.54. The van der Waals surface area contributed by atoms with Crippen molar-refractivity contribution in [2.45, 2.75) is 78.7 Å². The Morgan fingerprint density at radius 2 is 1.75 bits per heavy atom. The molecule has 1 saturated carbocycles. The minimum atomic E-state index is 0.437. The molecule has 0 atom stereocenters. The lowest BCUT2D eigenvalue weighted by molar-refractivity contribution is 0.345. The number of aromatic nitrogens is 2. The van der Waals surface area contributed by atoms with Crippen molar-refractivity contribution >= 4 is 5.82 Å². The maximum absolute atomic E-state index is 6.46. The summed E-state index contributed by atoms with van der Waals surface area (Å²) in [5.41, 5.74) is 7.64. The zero-order valence-corrected chi connectivity index (χ0v) is 13.8. The van der Waals surface area contributed by atoms with Gasteiger partial charge in [0, 0.05) is 18.4 Å². The third-order valence-corrected chi connectivity index (χ3v) is 4.53. The number of nitrogen functional groups attached to an aromatic ring is 1. The zero-order valence-electron chi connectivity index (χ0n) is 13.8. The van der Waals surface area contributed by atoms with Crippen molar-refractivity contribution in [1.29, 1.82) is 0 Å². The van der Waals surface area contributed by atoms with E-state index in [1.54, 1.807) is 0 Å². The molecule has 0 aliphatic heterocycles. The molecule has 1 fully saturated rings. The number of rotatable bonds is 4. The Labute approximate surface area is 124 Å². The Kier molecular flexibility index (Phi) is 4.77. The number of anilines is 1. The fourth-order valence-corrected chi connectivity index (χ4v) is 3.33. The molecule has 0 amide bonds. The second-order valence-corrected chi connectivity index (χ2v) is 7.36. The number of nitrogens with two attached hydrogens (primary N) is 1. The second-order valence-electron chi connectivity index (χ2n) is 7.36. The summed E-state index contributed by atoms with van der Waals surface area (Å²) in [6, 6.07) is 0. The average molecular weight is 277 g/mol. The molecule has 0 radical (unpaired) electrons. The van der Waals surface area contributed by atoms with Crippen molar-refractivity contribution in [3.05, 3.63) is 11.5 Å². The van der Waals surface area contributed by atoms with Gasteiger partial charge >= 0.3 is 0 Å². The fraction of sp³-hybridized carbons (Fsp3) is 0.824. The van der Waals surface area contributed by atoms with Gasteiger partial charge in [-0.3, -0.25) is 0 Å². The maximum atomic E-state index is 6.46. The van der Waals surface area contributed by atoms with E-state index in [1.165, 1.54) is 37.2 Å². The molecular weight excluding hydrogens is 246 g/mol. The van der Waals surface area contributed by atoms with E-state index >= 15 is 0 Å². The predicted molar refractivity (Wildman–Crippen MR) is 85.9 cm³/mol. The van der Waals surface area contributed by atoms with Crippen LogP contribution in [-0.4, -0.2) is 9.55 Å². The molecule has 0 saturated heterocycles. The average Bonchev–Trinajstić information content (AvgIpc) is 2.68. The molecule has 3 nitrogen and oxygen atoms in total. The van der Waals surface area contributed by atoms with E-state index in [9.17, 15) is 0 Å². The molecule has 3 heteroatoms. The number of hydrogen-bond acceptors (Lipinski definition) is 2. The molecule has 0 aromatic carbocycles. The standard InChI is InChI=1S/C17H31N3/c1-11(2)10-20-16(18)15(19-17(20)12(3)4)14-8-6-13(5)7-9-14/h11-14H,6-10,18H2,1-5H3. The smallest absolute Gasteiger partial charge is 0.127 e. The van der Waals surface area contributed by atoms with Crippen molar-refractivity contribution in [2.75, 3.05) is 5.73 Å². The molecule has 1 aliphatic rings. The summed E-state index contributed by atoms with van der Waals surface area (Å²) in [5, 5.41) is 0. The molecule has 2 rings (SSSR count). The quantitative estimate of drug-likeness (QED) is 0.878. The molecule has 0 unspecified atom stereocenters. The van der Waals surface area contributed by atoms with Gasteiger partial charge in [0.25, 0.3) is 0 Å². The minimum absolute atomic E-state index is 0.437. The van der Waals surface area contributed by atoms with Crippen LogP contribution in [0.3, 0.4) is 0 Å². The molecule has 2 N–H and O–H groups in total. The summed E-state index contributed by atoms with van der Waals surface area (Å²) in [6.45, 7) is 12.2. The van der Waals surface area contributed by atoms with Gasteiger partial charge in [0.15, 0.2) is 0 Å². The summed E-state index contributed by atoms with van der Waals surface area (Å²) in [6.07, 6.45) is 5.14. The summed E-state index contributed by atoms with van der Waals surface area (Å²) >= 11 is 0. The molecule has 0 spiro atoms. The normalized spacial score (nSPS) is 23.8. The van der Waals surface area contributed by atoms with Crippen molar-refractivity contribution in [2.24, 2.45) is 11.8 Å². The highest BCUT2D eigenvalue weighted by Crippen LogP contribution is 2.38. The van der Waals surface area contributed by atoms with Gasteiger partial charge in [-0.25, -0.2) is 4.98 Å². The Morgan fingerprint density at radius 1 is 1.15 bits per heavy atom. The first-order chi connectivity index (χ1) is 9.40. The fourth-order valence-electron chi connectivity index (χ4n) is 3.33. The topological polar surface area (TPSA) is 43.8 Å². The Hall–Kier alpha value is -0.990. The number of hydrogen-bond donors (Lipinski definition) is 1. The van der Waals surface area contributed by atoms with E-state index in [0.29, 0.717) is 17.8 Å². The Bertz CT molecular complexity index is 437. The van der Waals surface area contributed by atoms with Crippen LogP contribution < -0.4 is 5.73 Å². The van der Waals surface area contributed by atoms with E-state index in [-0.39, 0.29) is 0 Å². The van der Waals surface area contributed by atoms with Gasteiger partial charge in [0.1, 0.15) is 11.6 Å².